The molecule has 2 fully saturated rings. The van der Waals surface area contributed by atoms with Gasteiger partial charge in [-0.3, -0.25) is 0 Å². The van der Waals surface area contributed by atoms with Gasteiger partial charge in [-0.25, -0.2) is 0 Å². The third kappa shape index (κ3) is 3.46. The molecule has 0 aromatic heterocycles. The average Bonchev–Trinajstić information content (AvgIpc) is 2.50. The normalized spacial score (nSPS) is 34.3. The minimum atomic E-state index is -0.520. The van der Waals surface area contributed by atoms with E-state index in [4.69, 9.17) is 5.73 Å². The van der Waals surface area contributed by atoms with Crippen LogP contribution in [0.4, 0.5) is 0 Å². The van der Waals surface area contributed by atoms with Crippen LogP contribution in [-0.4, -0.2) is 41.8 Å². The molecule has 0 aromatic rings. The summed E-state index contributed by atoms with van der Waals surface area (Å²) in [5.41, 5.74) is 5.66. The van der Waals surface area contributed by atoms with Crippen LogP contribution in [0.3, 0.4) is 0 Å². The zero-order valence-electron chi connectivity index (χ0n) is 14.4. The van der Waals surface area contributed by atoms with Crippen LogP contribution in [0.25, 0.3) is 0 Å². The molecule has 1 aliphatic heterocycles. The molecule has 1 saturated heterocycles. The fraction of sp³-hybridized carbons (Fsp3) is 1.00. The van der Waals surface area contributed by atoms with Crippen LogP contribution >= 0.6 is 0 Å². The van der Waals surface area contributed by atoms with Gasteiger partial charge in [0.05, 0.1) is 5.60 Å². The third-order valence-corrected chi connectivity index (χ3v) is 6.53. The second-order valence-electron chi connectivity index (χ2n) is 7.94. The SMILES string of the molecule is CCCN1CCC(O)(C2(CN)CCC(C(C)C)CC2)CC1. The molecule has 2 rings (SSSR count). The van der Waals surface area contributed by atoms with Gasteiger partial charge in [0.2, 0.25) is 0 Å². The van der Waals surface area contributed by atoms with Gasteiger partial charge in [0.1, 0.15) is 0 Å². The largest absolute Gasteiger partial charge is 0.389 e. The Morgan fingerprint density at radius 2 is 1.71 bits per heavy atom. The Kier molecular flexibility index (Phi) is 5.72. The molecular weight excluding hydrogens is 260 g/mol. The summed E-state index contributed by atoms with van der Waals surface area (Å²) >= 11 is 0. The number of rotatable bonds is 5. The first-order chi connectivity index (χ1) is 9.96. The molecule has 0 radical (unpaired) electrons. The summed E-state index contributed by atoms with van der Waals surface area (Å²) in [4.78, 5) is 2.50. The Morgan fingerprint density at radius 1 is 1.14 bits per heavy atom. The molecule has 0 unspecified atom stereocenters. The van der Waals surface area contributed by atoms with Crippen LogP contribution in [0.5, 0.6) is 0 Å². The Labute approximate surface area is 131 Å². The molecule has 21 heavy (non-hydrogen) atoms. The van der Waals surface area contributed by atoms with Crippen LogP contribution < -0.4 is 5.73 Å². The van der Waals surface area contributed by atoms with Gasteiger partial charge in [-0.2, -0.15) is 0 Å². The second-order valence-corrected chi connectivity index (χ2v) is 7.94. The summed E-state index contributed by atoms with van der Waals surface area (Å²) in [7, 11) is 0. The topological polar surface area (TPSA) is 49.5 Å². The fourth-order valence-corrected chi connectivity index (χ4v) is 4.71. The lowest BCUT2D eigenvalue weighted by molar-refractivity contribution is -0.138. The van der Waals surface area contributed by atoms with Gasteiger partial charge in [-0.15, -0.1) is 0 Å². The van der Waals surface area contributed by atoms with E-state index in [1.165, 1.54) is 25.8 Å². The van der Waals surface area contributed by atoms with Crippen molar-refractivity contribution in [2.45, 2.75) is 71.3 Å². The summed E-state index contributed by atoms with van der Waals surface area (Å²) in [6, 6.07) is 0. The van der Waals surface area contributed by atoms with Gasteiger partial charge in [-0.05, 0) is 63.3 Å². The third-order valence-electron chi connectivity index (χ3n) is 6.53. The number of nitrogens with zero attached hydrogens (tertiary/aromatic N) is 1. The molecule has 3 heteroatoms. The molecule has 0 bridgehead atoms. The first kappa shape index (κ1) is 17.2. The molecule has 124 valence electrons. The molecular formula is C18H36N2O. The summed E-state index contributed by atoms with van der Waals surface area (Å²) < 4.78 is 0. The predicted octanol–water partition coefficient (Wildman–Crippen LogP) is 3.01. The van der Waals surface area contributed by atoms with Crippen LogP contribution in [0.15, 0.2) is 0 Å². The minimum Gasteiger partial charge on any atom is -0.389 e. The van der Waals surface area contributed by atoms with Crippen molar-refractivity contribution in [2.24, 2.45) is 23.0 Å². The molecule has 1 saturated carbocycles. The van der Waals surface area contributed by atoms with E-state index < -0.39 is 5.60 Å². The van der Waals surface area contributed by atoms with Gasteiger partial charge < -0.3 is 15.7 Å². The highest BCUT2D eigenvalue weighted by molar-refractivity contribution is 5.04. The number of hydrogen-bond donors (Lipinski definition) is 2. The second kappa shape index (κ2) is 6.97. The van der Waals surface area contributed by atoms with Gasteiger partial charge in [0.15, 0.2) is 0 Å². The monoisotopic (exact) mass is 296 g/mol. The lowest BCUT2D eigenvalue weighted by Gasteiger charge is -2.54. The van der Waals surface area contributed by atoms with Crippen LogP contribution in [0.2, 0.25) is 0 Å². The van der Waals surface area contributed by atoms with E-state index in [9.17, 15) is 5.11 Å². The first-order valence-corrected chi connectivity index (χ1v) is 9.11. The Hall–Kier alpha value is -0.120. The Balaban J connectivity index is 2.01. The number of hydrogen-bond acceptors (Lipinski definition) is 3. The molecule has 0 spiro atoms. The van der Waals surface area contributed by atoms with Gasteiger partial charge in [0, 0.05) is 25.0 Å². The van der Waals surface area contributed by atoms with Crippen LogP contribution in [0.1, 0.15) is 65.7 Å². The van der Waals surface area contributed by atoms with E-state index in [-0.39, 0.29) is 5.41 Å². The zero-order valence-corrected chi connectivity index (χ0v) is 14.4. The van der Waals surface area contributed by atoms with Gasteiger partial charge >= 0.3 is 0 Å². The first-order valence-electron chi connectivity index (χ1n) is 9.11. The Morgan fingerprint density at radius 3 is 2.14 bits per heavy atom. The molecule has 0 aromatic carbocycles. The molecule has 3 N–H and O–H groups in total. The van der Waals surface area contributed by atoms with Gasteiger partial charge in [-0.1, -0.05) is 20.8 Å². The van der Waals surface area contributed by atoms with Crippen molar-refractivity contribution in [3.8, 4) is 0 Å². The smallest absolute Gasteiger partial charge is 0.0740 e. The number of nitrogens with two attached hydrogens (primary N) is 1. The van der Waals surface area contributed by atoms with E-state index in [0.717, 1.165) is 50.6 Å². The van der Waals surface area contributed by atoms with Crippen LogP contribution in [-0.2, 0) is 0 Å². The Bertz CT molecular complexity index is 313. The maximum Gasteiger partial charge on any atom is 0.0740 e. The highest BCUT2D eigenvalue weighted by Crippen LogP contribution is 2.51. The van der Waals surface area contributed by atoms with Crippen molar-refractivity contribution in [3.63, 3.8) is 0 Å². The maximum atomic E-state index is 11.4. The average molecular weight is 296 g/mol. The molecule has 1 aliphatic carbocycles. The lowest BCUT2D eigenvalue weighted by Crippen LogP contribution is -2.59. The van der Waals surface area contributed by atoms with Crippen molar-refractivity contribution < 1.29 is 5.11 Å². The predicted molar refractivity (Wildman–Crippen MR) is 89.2 cm³/mol. The highest BCUT2D eigenvalue weighted by atomic mass is 16.3. The van der Waals surface area contributed by atoms with E-state index in [1.54, 1.807) is 0 Å². The highest BCUT2D eigenvalue weighted by Gasteiger charge is 2.51. The summed E-state index contributed by atoms with van der Waals surface area (Å²) in [6.07, 6.45) is 7.77. The minimum absolute atomic E-state index is 0.0172. The molecule has 2 aliphatic rings. The zero-order chi connectivity index (χ0) is 15.5. The van der Waals surface area contributed by atoms with Crippen molar-refractivity contribution in [1.82, 2.24) is 4.90 Å². The molecule has 0 amide bonds. The van der Waals surface area contributed by atoms with E-state index in [0.29, 0.717) is 6.54 Å². The molecule has 3 nitrogen and oxygen atoms in total. The summed E-state index contributed by atoms with van der Waals surface area (Å²) in [5.74, 6) is 1.59. The van der Waals surface area contributed by atoms with Crippen molar-refractivity contribution in [2.75, 3.05) is 26.2 Å². The quantitative estimate of drug-likeness (QED) is 0.820. The van der Waals surface area contributed by atoms with Crippen molar-refractivity contribution >= 4 is 0 Å². The summed E-state index contributed by atoms with van der Waals surface area (Å²) in [5, 5.41) is 11.4. The van der Waals surface area contributed by atoms with E-state index in [1.807, 2.05) is 0 Å². The van der Waals surface area contributed by atoms with Gasteiger partial charge in [0.25, 0.3) is 0 Å². The van der Waals surface area contributed by atoms with E-state index in [2.05, 4.69) is 25.7 Å². The fourth-order valence-electron chi connectivity index (χ4n) is 4.71. The molecule has 0 atom stereocenters. The number of likely N-dealkylation sites (tertiary alicyclic amines) is 1. The van der Waals surface area contributed by atoms with Crippen molar-refractivity contribution in [1.29, 1.82) is 0 Å². The standard InChI is InChI=1S/C18H36N2O/c1-4-11-20-12-9-18(21,10-13-20)17(14-19)7-5-16(6-8-17)15(2)3/h15-16,21H,4-14,19H2,1-3H3. The lowest BCUT2D eigenvalue weighted by atomic mass is 9.57. The van der Waals surface area contributed by atoms with Crippen LogP contribution in [0, 0.1) is 17.3 Å². The maximum absolute atomic E-state index is 11.4. The molecule has 1 heterocycles. The van der Waals surface area contributed by atoms with E-state index >= 15 is 0 Å². The number of piperidine rings is 1. The number of aliphatic hydroxyl groups is 1. The summed E-state index contributed by atoms with van der Waals surface area (Å²) in [6.45, 7) is 10.8. The van der Waals surface area contributed by atoms with Crippen molar-refractivity contribution in [3.05, 3.63) is 0 Å².